The Balaban J connectivity index is 6.68. The second kappa shape index (κ2) is 18.7. The molecule has 17 heteroatoms. The Bertz CT molecular complexity index is 1080. The number of aliphatic hydroxyl groups is 1. The average Bonchev–Trinajstić information content (AvgIpc) is 2.96. The van der Waals surface area contributed by atoms with Crippen LogP contribution in [0.5, 0.6) is 0 Å². The van der Waals surface area contributed by atoms with E-state index < -0.39 is 71.8 Å². The lowest BCUT2D eigenvalue weighted by Crippen LogP contribution is -2.60. The molecule has 258 valence electrons. The fourth-order valence-corrected chi connectivity index (χ4v) is 4.60. The molecule has 0 heterocycles. The van der Waals surface area contributed by atoms with Gasteiger partial charge in [0.05, 0.1) is 6.10 Å². The lowest BCUT2D eigenvalue weighted by Gasteiger charge is -2.39. The number of nitrogens with two attached hydrogens (primary N) is 5. The zero-order valence-electron chi connectivity index (χ0n) is 27.8. The molecule has 0 aromatic carbocycles. The number of hydrogen-bond acceptors (Lipinski definition) is 9. The molecule has 11 N–H and O–H groups in total. The molecule has 0 aromatic rings. The third kappa shape index (κ3) is 12.5. The summed E-state index contributed by atoms with van der Waals surface area (Å²) < 4.78 is 0. The Morgan fingerprint density at radius 3 is 1.56 bits per heavy atom. The number of nitrogens with zero attached hydrogens (tertiary/aromatic N) is 5. The Labute approximate surface area is 265 Å². The van der Waals surface area contributed by atoms with Crippen LogP contribution >= 0.6 is 0 Å². The molecule has 0 aliphatic heterocycles. The minimum absolute atomic E-state index is 0.0397. The Hall–Kier alpha value is -3.99. The van der Waals surface area contributed by atoms with E-state index in [0.29, 0.717) is 0 Å². The van der Waals surface area contributed by atoms with Crippen molar-refractivity contribution in [2.75, 3.05) is 34.7 Å². The monoisotopic (exact) mass is 642 g/mol. The van der Waals surface area contributed by atoms with E-state index in [9.17, 15) is 33.9 Å². The first-order chi connectivity index (χ1) is 20.7. The second-order valence-electron chi connectivity index (χ2n) is 11.8. The molecule has 45 heavy (non-hydrogen) atoms. The number of carbonyl (C=O) groups is 6. The molecule has 0 radical (unpaired) electrons. The zero-order chi connectivity index (χ0) is 35.3. The largest absolute Gasteiger partial charge is 0.391 e. The molecule has 0 bridgehead atoms. The van der Waals surface area contributed by atoms with Crippen molar-refractivity contribution in [3.8, 4) is 0 Å². The van der Waals surface area contributed by atoms with Crippen molar-refractivity contribution in [1.82, 2.24) is 19.6 Å². The summed E-state index contributed by atoms with van der Waals surface area (Å²) in [5.74, 6) is -4.22. The van der Waals surface area contributed by atoms with E-state index in [1.165, 1.54) is 51.8 Å². The highest BCUT2D eigenvalue weighted by molar-refractivity contribution is 5.95. The summed E-state index contributed by atoms with van der Waals surface area (Å²) in [7, 11) is 5.51. The highest BCUT2D eigenvalue weighted by Crippen LogP contribution is 2.20. The Kier molecular flexibility index (Phi) is 17.1. The maximum Gasteiger partial charge on any atom is 0.245 e. The summed E-state index contributed by atoms with van der Waals surface area (Å²) in [6.45, 7) is 6.66. The van der Waals surface area contributed by atoms with Crippen molar-refractivity contribution in [3.05, 3.63) is 0 Å². The smallest absolute Gasteiger partial charge is 0.245 e. The van der Waals surface area contributed by atoms with Gasteiger partial charge in [0, 0.05) is 41.2 Å². The van der Waals surface area contributed by atoms with E-state index in [2.05, 4.69) is 4.99 Å². The van der Waals surface area contributed by atoms with Gasteiger partial charge in [0.15, 0.2) is 5.96 Å². The fraction of sp³-hybridized carbons (Fsp3) is 0.750. The molecule has 0 saturated carbocycles. The van der Waals surface area contributed by atoms with E-state index in [1.807, 2.05) is 13.8 Å². The highest BCUT2D eigenvalue weighted by Gasteiger charge is 2.40. The fourth-order valence-electron chi connectivity index (χ4n) is 4.60. The third-order valence-electron chi connectivity index (χ3n) is 7.73. The molecule has 0 aliphatic carbocycles. The molecule has 6 atom stereocenters. The van der Waals surface area contributed by atoms with Crippen LogP contribution in [-0.4, -0.2) is 137 Å². The van der Waals surface area contributed by atoms with Crippen LogP contribution < -0.4 is 28.7 Å². The van der Waals surface area contributed by atoms with Gasteiger partial charge in [-0.3, -0.25) is 33.8 Å². The molecule has 0 aromatic heterocycles. The van der Waals surface area contributed by atoms with Crippen LogP contribution in [0.1, 0.15) is 59.8 Å². The topological polar surface area (TPSA) is 278 Å². The molecule has 17 nitrogen and oxygen atoms in total. The molecule has 6 amide bonds. The SMILES string of the molecule is CC(C)C[C@@H](C(=O)N(C)[C@@H](C)C(N)=O)N(C)C(=O)[C@H](CCCN=C(N)N)N(C)C(=O)[C@H](CCC(N)=O)N(C)C(=O)[C@@H](N)[C@H](C)O. The van der Waals surface area contributed by atoms with Gasteiger partial charge in [-0.05, 0) is 45.4 Å². The predicted molar refractivity (Wildman–Crippen MR) is 169 cm³/mol. The summed E-state index contributed by atoms with van der Waals surface area (Å²) in [5, 5.41) is 9.86. The van der Waals surface area contributed by atoms with Gasteiger partial charge in [-0.15, -0.1) is 0 Å². The van der Waals surface area contributed by atoms with Crippen LogP contribution in [0, 0.1) is 5.92 Å². The predicted octanol–water partition coefficient (Wildman–Crippen LogP) is -3.13. The van der Waals surface area contributed by atoms with Crippen molar-refractivity contribution >= 4 is 41.4 Å². The standard InChI is InChI=1S/C28H54N10O7/c1-15(2)14-20(26(44)35(5)16(3)23(31)41)38(8)24(42)18(10-9-13-34-28(32)33)36(6)25(43)19(11-12-21(29)40)37(7)27(45)22(30)17(4)39/h15-20,22,39H,9-14,30H2,1-8H3,(H2,29,40)(H2,31,41)(H4,32,33,34)/t16-,17-,18-,19-,20-,22-/m0/s1. The maximum atomic E-state index is 14.1. The van der Waals surface area contributed by atoms with Gasteiger partial charge in [-0.1, -0.05) is 13.8 Å². The molecule has 0 unspecified atom stereocenters. The third-order valence-corrected chi connectivity index (χ3v) is 7.73. The first-order valence-corrected chi connectivity index (χ1v) is 14.8. The van der Waals surface area contributed by atoms with Gasteiger partial charge < -0.3 is 53.4 Å². The number of primary amides is 2. The Morgan fingerprint density at radius 1 is 0.689 bits per heavy atom. The summed E-state index contributed by atoms with van der Waals surface area (Å²) in [6, 6.07) is -5.74. The van der Waals surface area contributed by atoms with Crippen molar-refractivity contribution in [1.29, 1.82) is 0 Å². The van der Waals surface area contributed by atoms with Crippen LogP contribution in [0.4, 0.5) is 0 Å². The maximum absolute atomic E-state index is 14.1. The number of aliphatic hydroxyl groups excluding tert-OH is 1. The first-order valence-electron chi connectivity index (χ1n) is 14.8. The van der Waals surface area contributed by atoms with Crippen LogP contribution in [-0.2, 0) is 28.8 Å². The first kappa shape index (κ1) is 41.0. The summed E-state index contributed by atoms with van der Waals surface area (Å²) in [4.78, 5) is 86.6. The molecule has 0 aliphatic rings. The number of carbonyl (C=O) groups excluding carboxylic acids is 6. The normalized spacial score (nSPS) is 15.1. The van der Waals surface area contributed by atoms with Crippen molar-refractivity contribution in [3.63, 3.8) is 0 Å². The van der Waals surface area contributed by atoms with Gasteiger partial charge in [-0.25, -0.2) is 0 Å². The number of aliphatic imine (C=N–C) groups is 1. The van der Waals surface area contributed by atoms with Gasteiger partial charge >= 0.3 is 0 Å². The van der Waals surface area contributed by atoms with Gasteiger partial charge in [-0.2, -0.15) is 0 Å². The summed E-state index contributed by atoms with van der Waals surface area (Å²) in [6.07, 6.45) is -1.10. The van der Waals surface area contributed by atoms with Crippen LogP contribution in [0.2, 0.25) is 0 Å². The molecule has 0 fully saturated rings. The lowest BCUT2D eigenvalue weighted by molar-refractivity contribution is -0.154. The van der Waals surface area contributed by atoms with Gasteiger partial charge in [0.25, 0.3) is 0 Å². The van der Waals surface area contributed by atoms with Crippen LogP contribution in [0.25, 0.3) is 0 Å². The number of amides is 6. The van der Waals surface area contributed by atoms with Crippen LogP contribution in [0.15, 0.2) is 4.99 Å². The van der Waals surface area contributed by atoms with E-state index in [4.69, 9.17) is 28.7 Å². The van der Waals surface area contributed by atoms with Gasteiger partial charge in [0.2, 0.25) is 35.4 Å². The molecular formula is C28H54N10O7. The van der Waals surface area contributed by atoms with Crippen molar-refractivity contribution in [2.45, 2.75) is 96.1 Å². The molecular weight excluding hydrogens is 588 g/mol. The summed E-state index contributed by atoms with van der Waals surface area (Å²) >= 11 is 0. The second-order valence-corrected chi connectivity index (χ2v) is 11.8. The number of likely N-dealkylation sites (N-methyl/N-ethyl adjacent to an activating group) is 4. The van der Waals surface area contributed by atoms with Gasteiger partial charge in [0.1, 0.15) is 30.2 Å². The Morgan fingerprint density at radius 2 is 1.13 bits per heavy atom. The quantitative estimate of drug-likeness (QED) is 0.0468. The van der Waals surface area contributed by atoms with E-state index in [1.54, 1.807) is 0 Å². The molecule has 0 spiro atoms. The number of hydrogen-bond donors (Lipinski definition) is 6. The number of rotatable bonds is 19. The number of guanidine groups is 1. The average molecular weight is 643 g/mol. The zero-order valence-corrected chi connectivity index (χ0v) is 27.8. The van der Waals surface area contributed by atoms with Crippen LogP contribution in [0.3, 0.4) is 0 Å². The highest BCUT2D eigenvalue weighted by atomic mass is 16.3. The van der Waals surface area contributed by atoms with E-state index in [0.717, 1.165) is 9.80 Å². The minimum atomic E-state index is -1.35. The van der Waals surface area contributed by atoms with Crippen molar-refractivity contribution < 1.29 is 33.9 Å². The summed E-state index contributed by atoms with van der Waals surface area (Å²) in [5.41, 5.74) is 27.4. The van der Waals surface area contributed by atoms with E-state index in [-0.39, 0.29) is 50.5 Å². The minimum Gasteiger partial charge on any atom is -0.391 e. The lowest BCUT2D eigenvalue weighted by atomic mass is 9.98. The van der Waals surface area contributed by atoms with Crippen molar-refractivity contribution in [2.24, 2.45) is 39.6 Å². The van der Waals surface area contributed by atoms with E-state index >= 15 is 0 Å². The molecule has 0 saturated heterocycles. The molecule has 0 rings (SSSR count).